The zero-order valence-corrected chi connectivity index (χ0v) is 16.4. The fourth-order valence-electron chi connectivity index (χ4n) is 2.75. The van der Waals surface area contributed by atoms with Crippen LogP contribution in [0.25, 0.3) is 0 Å². The number of hydrogen-bond acceptors (Lipinski definition) is 6. The van der Waals surface area contributed by atoms with Crippen LogP contribution in [0.2, 0.25) is 0 Å². The van der Waals surface area contributed by atoms with Gasteiger partial charge in [-0.1, -0.05) is 18.2 Å². The van der Waals surface area contributed by atoms with E-state index >= 15 is 0 Å². The van der Waals surface area contributed by atoms with Crippen molar-refractivity contribution in [2.45, 2.75) is 13.3 Å². The van der Waals surface area contributed by atoms with Crippen LogP contribution in [0.1, 0.15) is 37.4 Å². The molecule has 3 aromatic rings. The molecule has 0 bridgehead atoms. The highest BCUT2D eigenvalue weighted by Gasteiger charge is 2.08. The molecule has 3 aromatic carbocycles. The molecule has 0 atom stereocenters. The van der Waals surface area contributed by atoms with Crippen molar-refractivity contribution in [2.24, 2.45) is 0 Å². The van der Waals surface area contributed by atoms with Crippen LogP contribution in [-0.4, -0.2) is 22.2 Å². The largest absolute Gasteiger partial charge is 0.478 e. The molecule has 8 heteroatoms. The van der Waals surface area contributed by atoms with E-state index in [0.717, 1.165) is 22.4 Å². The number of carboxylic acids is 2. The van der Waals surface area contributed by atoms with Crippen molar-refractivity contribution in [3.8, 4) is 0 Å². The van der Waals surface area contributed by atoms with Crippen LogP contribution in [0.4, 0.5) is 22.7 Å². The highest BCUT2D eigenvalue weighted by Crippen LogP contribution is 2.20. The first-order chi connectivity index (χ1) is 14.1. The Kier molecular flexibility index (Phi) is 6.87. The first kappa shape index (κ1) is 22.1. The zero-order valence-electron chi connectivity index (χ0n) is 16.4. The Morgan fingerprint density at radius 1 is 0.733 bits per heavy atom. The Labute approximate surface area is 173 Å². The minimum absolute atomic E-state index is 0.113. The van der Waals surface area contributed by atoms with Gasteiger partial charge in [0.25, 0.3) is 0 Å². The van der Waals surface area contributed by atoms with Crippen molar-refractivity contribution in [3.63, 3.8) is 0 Å². The van der Waals surface area contributed by atoms with Gasteiger partial charge in [-0.15, -0.1) is 0 Å². The average Bonchev–Trinajstić information content (AvgIpc) is 2.64. The van der Waals surface area contributed by atoms with Crippen molar-refractivity contribution in [1.82, 2.24) is 0 Å². The van der Waals surface area contributed by atoms with E-state index in [2.05, 4.69) is 0 Å². The van der Waals surface area contributed by atoms with Crippen LogP contribution >= 0.6 is 0 Å². The lowest BCUT2D eigenvalue weighted by Gasteiger charge is -2.07. The number of aryl methyl sites for hydroxylation is 1. The monoisotopic (exact) mass is 408 g/mol. The molecular formula is C22H24N4O4. The van der Waals surface area contributed by atoms with E-state index in [1.54, 1.807) is 12.1 Å². The second-order valence-corrected chi connectivity index (χ2v) is 6.79. The summed E-state index contributed by atoms with van der Waals surface area (Å²) in [5.74, 6) is -2.03. The maximum atomic E-state index is 10.9. The van der Waals surface area contributed by atoms with E-state index in [1.165, 1.54) is 24.3 Å². The number of carbonyl (C=O) groups is 2. The molecule has 0 saturated heterocycles. The van der Waals surface area contributed by atoms with E-state index < -0.39 is 11.9 Å². The van der Waals surface area contributed by atoms with Crippen LogP contribution in [0, 0.1) is 6.92 Å². The summed E-state index contributed by atoms with van der Waals surface area (Å²) in [6, 6.07) is 15.1. The van der Waals surface area contributed by atoms with E-state index in [-0.39, 0.29) is 16.8 Å². The highest BCUT2D eigenvalue weighted by atomic mass is 16.4. The lowest BCUT2D eigenvalue weighted by Crippen LogP contribution is -2.03. The first-order valence-corrected chi connectivity index (χ1v) is 8.93. The third kappa shape index (κ3) is 5.90. The molecule has 10 N–H and O–H groups in total. The lowest BCUT2D eigenvalue weighted by atomic mass is 10.0. The maximum Gasteiger partial charge on any atom is 0.337 e. The van der Waals surface area contributed by atoms with Crippen molar-refractivity contribution in [1.29, 1.82) is 0 Å². The summed E-state index contributed by atoms with van der Waals surface area (Å²) in [5, 5.41) is 17.4. The van der Waals surface area contributed by atoms with Gasteiger partial charge >= 0.3 is 11.9 Å². The molecule has 156 valence electrons. The SMILES string of the molecule is Cc1ccc(Cc2ccc(C(=O)O)c(N)c2)cc1N.Nc1cc(N)cc(C(=O)O)c1. The van der Waals surface area contributed by atoms with Crippen molar-refractivity contribution >= 4 is 34.7 Å². The summed E-state index contributed by atoms with van der Waals surface area (Å²) < 4.78 is 0. The minimum Gasteiger partial charge on any atom is -0.478 e. The number of rotatable bonds is 4. The molecule has 0 aliphatic carbocycles. The van der Waals surface area contributed by atoms with E-state index in [9.17, 15) is 9.59 Å². The number of aromatic carboxylic acids is 2. The zero-order chi connectivity index (χ0) is 22.4. The van der Waals surface area contributed by atoms with E-state index in [1.807, 2.05) is 25.1 Å². The molecule has 0 amide bonds. The van der Waals surface area contributed by atoms with Crippen molar-refractivity contribution in [2.75, 3.05) is 22.9 Å². The number of nitrogens with two attached hydrogens (primary N) is 4. The molecule has 0 saturated carbocycles. The number of benzene rings is 3. The predicted molar refractivity (Wildman–Crippen MR) is 118 cm³/mol. The van der Waals surface area contributed by atoms with Crippen LogP contribution < -0.4 is 22.9 Å². The molecule has 0 spiro atoms. The number of carboxylic acid groups (broad SMARTS) is 2. The molecular weight excluding hydrogens is 384 g/mol. The van der Waals surface area contributed by atoms with Gasteiger partial charge in [0.1, 0.15) is 0 Å². The Morgan fingerprint density at radius 2 is 1.27 bits per heavy atom. The van der Waals surface area contributed by atoms with Crippen LogP contribution in [0.5, 0.6) is 0 Å². The van der Waals surface area contributed by atoms with Gasteiger partial charge in [0.05, 0.1) is 11.1 Å². The summed E-state index contributed by atoms with van der Waals surface area (Å²) in [5.41, 5.74) is 27.4. The molecule has 0 aliphatic rings. The number of anilines is 4. The van der Waals surface area contributed by atoms with Gasteiger partial charge < -0.3 is 33.1 Å². The predicted octanol–water partition coefficient (Wildman–Crippen LogP) is 3.00. The Morgan fingerprint density at radius 3 is 1.73 bits per heavy atom. The Bertz CT molecular complexity index is 1080. The molecule has 30 heavy (non-hydrogen) atoms. The topological polar surface area (TPSA) is 179 Å². The Hall–Kier alpha value is -4.20. The Balaban J connectivity index is 0.000000248. The third-order valence-electron chi connectivity index (χ3n) is 4.32. The minimum atomic E-state index is -1.02. The second kappa shape index (κ2) is 9.33. The van der Waals surface area contributed by atoms with Gasteiger partial charge in [-0.05, 0) is 66.4 Å². The van der Waals surface area contributed by atoms with E-state index in [0.29, 0.717) is 17.8 Å². The van der Waals surface area contributed by atoms with Crippen LogP contribution in [0.15, 0.2) is 54.6 Å². The standard InChI is InChI=1S/C15H16N2O2.C7H8N2O2/c1-9-2-3-10(7-13(9)16)6-11-4-5-12(15(18)19)14(17)8-11;8-5-1-4(7(10)11)2-6(9)3-5/h2-5,7-8H,6,16-17H2,1H3,(H,18,19);1-3H,8-9H2,(H,10,11). The molecule has 0 aromatic heterocycles. The van der Waals surface area contributed by atoms with Gasteiger partial charge in [0.15, 0.2) is 0 Å². The fourth-order valence-corrected chi connectivity index (χ4v) is 2.75. The third-order valence-corrected chi connectivity index (χ3v) is 4.32. The number of nitrogen functional groups attached to an aromatic ring is 4. The molecule has 3 rings (SSSR count). The first-order valence-electron chi connectivity index (χ1n) is 8.93. The van der Waals surface area contributed by atoms with Crippen LogP contribution in [0.3, 0.4) is 0 Å². The van der Waals surface area contributed by atoms with Gasteiger partial charge in [-0.25, -0.2) is 9.59 Å². The molecule has 0 radical (unpaired) electrons. The fraction of sp³-hybridized carbons (Fsp3) is 0.0909. The summed E-state index contributed by atoms with van der Waals surface area (Å²) in [6.45, 7) is 1.96. The highest BCUT2D eigenvalue weighted by molar-refractivity contribution is 5.93. The molecule has 8 nitrogen and oxygen atoms in total. The quantitative estimate of drug-likeness (QED) is 0.356. The average molecular weight is 408 g/mol. The molecule has 0 heterocycles. The second-order valence-electron chi connectivity index (χ2n) is 6.79. The van der Waals surface area contributed by atoms with Crippen molar-refractivity contribution in [3.05, 3.63) is 82.4 Å². The van der Waals surface area contributed by atoms with Gasteiger partial charge in [0.2, 0.25) is 0 Å². The maximum absolute atomic E-state index is 10.9. The summed E-state index contributed by atoms with van der Waals surface area (Å²) in [6.07, 6.45) is 0.675. The van der Waals surface area contributed by atoms with Gasteiger partial charge in [-0.3, -0.25) is 0 Å². The lowest BCUT2D eigenvalue weighted by molar-refractivity contribution is 0.0686. The smallest absolute Gasteiger partial charge is 0.337 e. The normalized spacial score (nSPS) is 10.0. The number of hydrogen-bond donors (Lipinski definition) is 6. The van der Waals surface area contributed by atoms with Gasteiger partial charge in [-0.2, -0.15) is 0 Å². The molecule has 0 fully saturated rings. The summed E-state index contributed by atoms with van der Waals surface area (Å²) >= 11 is 0. The van der Waals surface area contributed by atoms with Crippen molar-refractivity contribution < 1.29 is 19.8 Å². The van der Waals surface area contributed by atoms with Crippen LogP contribution in [-0.2, 0) is 6.42 Å². The van der Waals surface area contributed by atoms with Gasteiger partial charge in [0, 0.05) is 22.7 Å². The summed E-state index contributed by atoms with van der Waals surface area (Å²) in [7, 11) is 0. The van der Waals surface area contributed by atoms with E-state index in [4.69, 9.17) is 33.1 Å². The molecule has 0 unspecified atom stereocenters. The summed E-state index contributed by atoms with van der Waals surface area (Å²) in [4.78, 5) is 21.3. The molecule has 0 aliphatic heterocycles.